The van der Waals surface area contributed by atoms with Crippen molar-refractivity contribution in [2.24, 2.45) is 4.99 Å². The minimum atomic E-state index is 0.597. The van der Waals surface area contributed by atoms with E-state index in [1.54, 1.807) is 0 Å². The lowest BCUT2D eigenvalue weighted by Gasteiger charge is -2.19. The zero-order valence-corrected chi connectivity index (χ0v) is 19.2. The molecular formula is C25H35N5. The van der Waals surface area contributed by atoms with Crippen molar-refractivity contribution in [1.82, 2.24) is 14.4 Å². The van der Waals surface area contributed by atoms with Gasteiger partial charge in [0.1, 0.15) is 5.82 Å². The predicted octanol–water partition coefficient (Wildman–Crippen LogP) is 5.86. The van der Waals surface area contributed by atoms with Gasteiger partial charge < -0.3 is 4.90 Å². The van der Waals surface area contributed by atoms with Gasteiger partial charge >= 0.3 is 0 Å². The Morgan fingerprint density at radius 3 is 2.50 bits per heavy atom. The summed E-state index contributed by atoms with van der Waals surface area (Å²) in [4.78, 5) is 17.3. The molecule has 5 heteroatoms. The van der Waals surface area contributed by atoms with E-state index in [2.05, 4.69) is 56.2 Å². The molecular weight excluding hydrogens is 370 g/mol. The van der Waals surface area contributed by atoms with Crippen molar-refractivity contribution in [1.29, 1.82) is 0 Å². The Hall–Kier alpha value is -2.43. The lowest BCUT2D eigenvalue weighted by molar-refractivity contribution is 0.855. The Bertz CT molecular complexity index is 1010. The number of rotatable bonds is 7. The molecule has 0 spiro atoms. The van der Waals surface area contributed by atoms with Crippen LogP contribution in [0.4, 0.5) is 5.82 Å². The lowest BCUT2D eigenvalue weighted by atomic mass is 10.1. The number of hydrogen-bond acceptors (Lipinski definition) is 4. The van der Waals surface area contributed by atoms with Crippen molar-refractivity contribution in [3.05, 3.63) is 46.7 Å². The number of allylic oxidation sites excluding steroid dienone is 4. The molecule has 1 saturated heterocycles. The van der Waals surface area contributed by atoms with E-state index >= 15 is 0 Å². The van der Waals surface area contributed by atoms with Gasteiger partial charge in [0.05, 0.1) is 11.4 Å². The molecule has 2 fully saturated rings. The highest BCUT2D eigenvalue weighted by molar-refractivity contribution is 5.94. The van der Waals surface area contributed by atoms with Crippen LogP contribution in [0.5, 0.6) is 0 Å². The third-order valence-electron chi connectivity index (χ3n) is 5.97. The minimum Gasteiger partial charge on any atom is -0.356 e. The maximum atomic E-state index is 5.15. The smallest absolute Gasteiger partial charge is 0.160 e. The molecule has 0 amide bonds. The van der Waals surface area contributed by atoms with Gasteiger partial charge in [0.2, 0.25) is 0 Å². The SMILES string of the molecule is CC(C)=CC(C)=NC(CCc1nc2c(C3CC3)nccn2c1N1CCCC1)=C(C)C. The fourth-order valence-corrected chi connectivity index (χ4v) is 4.42. The highest BCUT2D eigenvalue weighted by Gasteiger charge is 2.30. The summed E-state index contributed by atoms with van der Waals surface area (Å²) in [5.74, 6) is 1.88. The molecule has 4 rings (SSSR count). The van der Waals surface area contributed by atoms with Crippen molar-refractivity contribution in [2.75, 3.05) is 18.0 Å². The number of aromatic nitrogens is 3. The van der Waals surface area contributed by atoms with Gasteiger partial charge in [0, 0.05) is 42.8 Å². The van der Waals surface area contributed by atoms with Gasteiger partial charge in [-0.25, -0.2) is 4.98 Å². The molecule has 30 heavy (non-hydrogen) atoms. The molecule has 5 nitrogen and oxygen atoms in total. The minimum absolute atomic E-state index is 0.597. The zero-order chi connectivity index (χ0) is 21.3. The van der Waals surface area contributed by atoms with Crippen LogP contribution in [0.3, 0.4) is 0 Å². The molecule has 2 aromatic rings. The molecule has 0 radical (unpaired) electrons. The molecule has 0 N–H and O–H groups in total. The Morgan fingerprint density at radius 1 is 1.13 bits per heavy atom. The summed E-state index contributed by atoms with van der Waals surface area (Å²) in [6.07, 6.45) is 13.0. The monoisotopic (exact) mass is 405 g/mol. The van der Waals surface area contributed by atoms with Crippen molar-refractivity contribution in [2.45, 2.75) is 79.1 Å². The highest BCUT2D eigenvalue weighted by atomic mass is 15.3. The molecule has 1 aliphatic heterocycles. The van der Waals surface area contributed by atoms with Gasteiger partial charge in [-0.1, -0.05) is 11.1 Å². The molecule has 160 valence electrons. The first kappa shape index (κ1) is 20.8. The second kappa shape index (κ2) is 8.75. The predicted molar refractivity (Wildman–Crippen MR) is 126 cm³/mol. The first-order valence-electron chi connectivity index (χ1n) is 11.4. The molecule has 0 unspecified atom stereocenters. The first-order chi connectivity index (χ1) is 14.4. The van der Waals surface area contributed by atoms with Crippen LogP contribution in [0, 0.1) is 0 Å². The van der Waals surface area contributed by atoms with Crippen molar-refractivity contribution < 1.29 is 0 Å². The van der Waals surface area contributed by atoms with Crippen molar-refractivity contribution >= 4 is 17.2 Å². The van der Waals surface area contributed by atoms with Crippen LogP contribution >= 0.6 is 0 Å². The van der Waals surface area contributed by atoms with Gasteiger partial charge in [0.25, 0.3) is 0 Å². The summed E-state index contributed by atoms with van der Waals surface area (Å²) in [5.41, 5.74) is 8.25. The summed E-state index contributed by atoms with van der Waals surface area (Å²) in [5, 5.41) is 0. The van der Waals surface area contributed by atoms with E-state index in [-0.39, 0.29) is 0 Å². The molecule has 3 heterocycles. The molecule has 1 aliphatic carbocycles. The molecule has 2 aliphatic rings. The van der Waals surface area contributed by atoms with Gasteiger partial charge in [-0.2, -0.15) is 0 Å². The zero-order valence-electron chi connectivity index (χ0n) is 19.2. The van der Waals surface area contributed by atoms with Crippen LogP contribution in [0.2, 0.25) is 0 Å². The van der Waals surface area contributed by atoms with Gasteiger partial charge in [-0.05, 0) is 79.2 Å². The number of aryl methyl sites for hydroxylation is 1. The van der Waals surface area contributed by atoms with E-state index in [9.17, 15) is 0 Å². The average molecular weight is 406 g/mol. The Balaban J connectivity index is 1.67. The third kappa shape index (κ3) is 4.50. The number of aliphatic imine (C=N–C) groups is 1. The van der Waals surface area contributed by atoms with Crippen LogP contribution in [-0.2, 0) is 6.42 Å². The van der Waals surface area contributed by atoms with Crippen LogP contribution in [0.25, 0.3) is 5.65 Å². The molecule has 0 aromatic carbocycles. The molecule has 0 atom stereocenters. The van der Waals surface area contributed by atoms with Crippen LogP contribution in [0.15, 0.2) is 40.3 Å². The fraction of sp³-hybridized carbons (Fsp3) is 0.560. The van der Waals surface area contributed by atoms with Crippen molar-refractivity contribution in [3.8, 4) is 0 Å². The van der Waals surface area contributed by atoms with Crippen molar-refractivity contribution in [3.63, 3.8) is 0 Å². The van der Waals surface area contributed by atoms with Crippen LogP contribution in [0.1, 0.15) is 84.0 Å². The van der Waals surface area contributed by atoms with Gasteiger partial charge in [-0.15, -0.1) is 0 Å². The number of imidazole rings is 1. The summed E-state index contributed by atoms with van der Waals surface area (Å²) in [7, 11) is 0. The summed E-state index contributed by atoms with van der Waals surface area (Å²) < 4.78 is 2.31. The summed E-state index contributed by atoms with van der Waals surface area (Å²) in [6.45, 7) is 12.9. The van der Waals surface area contributed by atoms with Gasteiger partial charge in [-0.3, -0.25) is 14.4 Å². The molecule has 0 bridgehead atoms. The standard InChI is InChI=1S/C25H35N5/c1-17(2)16-19(5)27-21(18(3)4)10-11-22-25(29-13-6-7-14-29)30-15-12-26-23(20-8-9-20)24(30)28-22/h12,15-16,20H,6-11,13-14H2,1-5H3. The Kier molecular flexibility index (Phi) is 6.07. The second-order valence-corrected chi connectivity index (χ2v) is 9.28. The Labute approximate surface area is 180 Å². The summed E-state index contributed by atoms with van der Waals surface area (Å²) >= 11 is 0. The van der Waals surface area contributed by atoms with Crippen LogP contribution < -0.4 is 4.90 Å². The lowest BCUT2D eigenvalue weighted by Crippen LogP contribution is -2.21. The number of nitrogens with zero attached hydrogens (tertiary/aromatic N) is 5. The number of fused-ring (bicyclic) bond motifs is 1. The highest BCUT2D eigenvalue weighted by Crippen LogP contribution is 2.41. The number of anilines is 1. The Morgan fingerprint density at radius 2 is 1.87 bits per heavy atom. The fourth-order valence-electron chi connectivity index (χ4n) is 4.42. The molecule has 2 aromatic heterocycles. The van der Waals surface area contributed by atoms with E-state index in [1.807, 2.05) is 6.20 Å². The van der Waals surface area contributed by atoms with Gasteiger partial charge in [0.15, 0.2) is 5.65 Å². The maximum absolute atomic E-state index is 5.15. The first-order valence-corrected chi connectivity index (χ1v) is 11.4. The second-order valence-electron chi connectivity index (χ2n) is 9.28. The maximum Gasteiger partial charge on any atom is 0.160 e. The van der Waals surface area contributed by atoms with E-state index in [1.165, 1.54) is 59.7 Å². The number of hydrogen-bond donors (Lipinski definition) is 0. The van der Waals surface area contributed by atoms with E-state index in [0.717, 1.165) is 37.3 Å². The quantitative estimate of drug-likeness (QED) is 0.542. The topological polar surface area (TPSA) is 45.8 Å². The largest absolute Gasteiger partial charge is 0.356 e. The van der Waals surface area contributed by atoms with E-state index in [0.29, 0.717) is 5.92 Å². The van der Waals surface area contributed by atoms with E-state index < -0.39 is 0 Å². The summed E-state index contributed by atoms with van der Waals surface area (Å²) in [6, 6.07) is 0. The van der Waals surface area contributed by atoms with E-state index in [4.69, 9.17) is 15.0 Å². The normalized spacial score (nSPS) is 17.0. The van der Waals surface area contributed by atoms with Crippen LogP contribution in [-0.4, -0.2) is 33.2 Å². The average Bonchev–Trinajstić information content (AvgIpc) is 3.25. The third-order valence-corrected chi connectivity index (χ3v) is 5.97. The molecule has 1 saturated carbocycles.